The van der Waals surface area contributed by atoms with E-state index in [0.29, 0.717) is 23.4 Å². The minimum Gasteiger partial charge on any atom is -0.480 e. The molecule has 0 saturated heterocycles. The molecule has 0 unspecified atom stereocenters. The van der Waals surface area contributed by atoms with Crippen LogP contribution in [0.2, 0.25) is 0 Å². The Morgan fingerprint density at radius 3 is 2.65 bits per heavy atom. The predicted molar refractivity (Wildman–Crippen MR) is 93.1 cm³/mol. The molecule has 1 aliphatic rings. The molecule has 8 heteroatoms. The summed E-state index contributed by atoms with van der Waals surface area (Å²) in [6, 6.07) is 6.01. The van der Waals surface area contributed by atoms with Crippen LogP contribution < -0.4 is 5.32 Å². The number of amides is 1. The molecule has 0 atom stereocenters. The van der Waals surface area contributed by atoms with E-state index in [2.05, 4.69) is 15.5 Å². The molecule has 1 saturated carbocycles. The fraction of sp³-hybridized carbons (Fsp3) is 0.389. The molecule has 138 valence electrons. The Balaban J connectivity index is 1.60. The summed E-state index contributed by atoms with van der Waals surface area (Å²) in [4.78, 5) is 25.3. The van der Waals surface area contributed by atoms with Crippen LogP contribution in [0.15, 0.2) is 30.5 Å². The van der Waals surface area contributed by atoms with Crippen molar-refractivity contribution < 1.29 is 19.1 Å². The van der Waals surface area contributed by atoms with E-state index in [1.165, 1.54) is 18.3 Å². The highest BCUT2D eigenvalue weighted by Crippen LogP contribution is 2.27. The highest BCUT2D eigenvalue weighted by atomic mass is 19.1. The van der Waals surface area contributed by atoms with Crippen molar-refractivity contribution in [3.05, 3.63) is 41.8 Å². The quantitative estimate of drug-likeness (QED) is 0.700. The van der Waals surface area contributed by atoms with Gasteiger partial charge in [-0.1, -0.05) is 6.92 Å². The molecule has 1 aromatic heterocycles. The van der Waals surface area contributed by atoms with Crippen molar-refractivity contribution in [1.29, 1.82) is 0 Å². The highest BCUT2D eigenvalue weighted by molar-refractivity contribution is 5.99. The van der Waals surface area contributed by atoms with Gasteiger partial charge in [-0.05, 0) is 43.7 Å². The lowest BCUT2D eigenvalue weighted by molar-refractivity contribution is -0.139. The highest BCUT2D eigenvalue weighted by Gasteiger charge is 2.35. The number of nitrogens with one attached hydrogen (secondary N) is 2. The monoisotopic (exact) mass is 360 g/mol. The van der Waals surface area contributed by atoms with Gasteiger partial charge in [-0.3, -0.25) is 19.6 Å². The summed E-state index contributed by atoms with van der Waals surface area (Å²) in [5, 5.41) is 18.6. The Morgan fingerprint density at radius 1 is 1.35 bits per heavy atom. The lowest BCUT2D eigenvalue weighted by atomic mass is 9.85. The third-order valence-corrected chi connectivity index (χ3v) is 4.73. The van der Waals surface area contributed by atoms with Crippen molar-refractivity contribution in [2.24, 2.45) is 0 Å². The van der Waals surface area contributed by atoms with Crippen LogP contribution in [0.1, 0.15) is 30.1 Å². The maximum atomic E-state index is 13.1. The second kappa shape index (κ2) is 7.65. The first kappa shape index (κ1) is 18.1. The molecule has 7 nitrogen and oxygen atoms in total. The van der Waals surface area contributed by atoms with Crippen molar-refractivity contribution in [3.63, 3.8) is 0 Å². The molecule has 0 aliphatic heterocycles. The normalized spacial score (nSPS) is 19.2. The third kappa shape index (κ3) is 3.91. The van der Waals surface area contributed by atoms with Gasteiger partial charge in [0.25, 0.3) is 5.91 Å². The molecule has 0 spiro atoms. The second-order valence-electron chi connectivity index (χ2n) is 6.42. The first-order valence-electron chi connectivity index (χ1n) is 8.54. The maximum Gasteiger partial charge on any atom is 0.317 e. The van der Waals surface area contributed by atoms with Crippen LogP contribution in [0.3, 0.4) is 0 Å². The number of aliphatic carboxylic acids is 1. The van der Waals surface area contributed by atoms with Gasteiger partial charge in [0.15, 0.2) is 0 Å². The molecule has 3 rings (SSSR count). The molecular weight excluding hydrogens is 339 g/mol. The summed E-state index contributed by atoms with van der Waals surface area (Å²) in [5.74, 6) is -1.44. The fourth-order valence-corrected chi connectivity index (χ4v) is 3.23. The zero-order valence-electron chi connectivity index (χ0n) is 14.4. The molecule has 1 aliphatic carbocycles. The summed E-state index contributed by atoms with van der Waals surface area (Å²) < 4.78 is 13.1. The Bertz CT molecular complexity index is 784. The number of rotatable bonds is 7. The zero-order valence-corrected chi connectivity index (χ0v) is 14.4. The van der Waals surface area contributed by atoms with E-state index in [9.17, 15) is 14.0 Å². The number of carboxylic acid groups (broad SMARTS) is 1. The standard InChI is InChI=1S/C18H21FN4O3/c1-2-23(10-16(24)25)14-7-13(8-14)21-18(26)15-9-20-22-17(15)11-3-5-12(19)6-4-11/h3-6,9,13-14H,2,7-8,10H2,1H3,(H,20,22)(H,21,26)(H,24,25). The van der Waals surface area contributed by atoms with Crippen molar-refractivity contribution in [2.45, 2.75) is 31.8 Å². The molecular formula is C18H21FN4O3. The molecule has 0 bridgehead atoms. The number of benzene rings is 1. The number of carbonyl (C=O) groups is 2. The summed E-state index contributed by atoms with van der Waals surface area (Å²) in [6.07, 6.45) is 2.89. The van der Waals surface area contributed by atoms with Crippen LogP contribution in [-0.2, 0) is 4.79 Å². The van der Waals surface area contributed by atoms with Gasteiger partial charge < -0.3 is 10.4 Å². The van der Waals surface area contributed by atoms with Gasteiger partial charge in [0.2, 0.25) is 0 Å². The van der Waals surface area contributed by atoms with Crippen molar-refractivity contribution >= 4 is 11.9 Å². The minimum atomic E-state index is -0.846. The van der Waals surface area contributed by atoms with Gasteiger partial charge >= 0.3 is 5.97 Å². The second-order valence-corrected chi connectivity index (χ2v) is 6.42. The number of carboxylic acids is 1. The summed E-state index contributed by atoms with van der Waals surface area (Å²) in [6.45, 7) is 2.60. The number of H-pyrrole nitrogens is 1. The number of hydrogen-bond donors (Lipinski definition) is 3. The van der Waals surface area contributed by atoms with E-state index >= 15 is 0 Å². The first-order chi connectivity index (χ1) is 12.5. The van der Waals surface area contributed by atoms with E-state index in [1.54, 1.807) is 12.1 Å². The summed E-state index contributed by atoms with van der Waals surface area (Å²) >= 11 is 0. The number of halogens is 1. The maximum absolute atomic E-state index is 13.1. The molecule has 1 amide bonds. The molecule has 2 aromatic rings. The topological polar surface area (TPSA) is 98.3 Å². The first-order valence-corrected chi connectivity index (χ1v) is 8.54. The van der Waals surface area contributed by atoms with Gasteiger partial charge in [-0.25, -0.2) is 4.39 Å². The molecule has 26 heavy (non-hydrogen) atoms. The summed E-state index contributed by atoms with van der Waals surface area (Å²) in [7, 11) is 0. The molecule has 1 aromatic carbocycles. The van der Waals surface area contributed by atoms with Crippen molar-refractivity contribution in [2.75, 3.05) is 13.1 Å². The number of hydrogen-bond acceptors (Lipinski definition) is 4. The van der Waals surface area contributed by atoms with Gasteiger partial charge in [0, 0.05) is 17.6 Å². The Kier molecular flexibility index (Phi) is 5.32. The molecule has 3 N–H and O–H groups in total. The average Bonchev–Trinajstić information content (AvgIpc) is 3.06. The smallest absolute Gasteiger partial charge is 0.317 e. The van der Waals surface area contributed by atoms with Gasteiger partial charge in [0.05, 0.1) is 24.0 Å². The SMILES string of the molecule is CCN(CC(=O)O)C1CC(NC(=O)c2cn[nH]c2-c2ccc(F)cc2)C1. The van der Waals surface area contributed by atoms with E-state index < -0.39 is 5.97 Å². The van der Waals surface area contributed by atoms with Gasteiger partial charge in [-0.2, -0.15) is 5.10 Å². The van der Waals surface area contributed by atoms with Crippen LogP contribution in [0.25, 0.3) is 11.3 Å². The van der Waals surface area contributed by atoms with Crippen LogP contribution in [0.5, 0.6) is 0 Å². The molecule has 0 radical (unpaired) electrons. The number of nitrogens with zero attached hydrogens (tertiary/aromatic N) is 2. The molecule has 1 fully saturated rings. The third-order valence-electron chi connectivity index (χ3n) is 4.73. The van der Waals surface area contributed by atoms with Crippen molar-refractivity contribution in [1.82, 2.24) is 20.4 Å². The van der Waals surface area contributed by atoms with Gasteiger partial charge in [-0.15, -0.1) is 0 Å². The number of aromatic amines is 1. The van der Waals surface area contributed by atoms with E-state index in [4.69, 9.17) is 5.11 Å². The average molecular weight is 360 g/mol. The van der Waals surface area contributed by atoms with E-state index in [1.807, 2.05) is 11.8 Å². The van der Waals surface area contributed by atoms with Crippen LogP contribution in [0.4, 0.5) is 4.39 Å². The Hall–Kier alpha value is -2.74. The summed E-state index contributed by atoms with van der Waals surface area (Å²) in [5.41, 5.74) is 1.62. The predicted octanol–water partition coefficient (Wildman–Crippen LogP) is 1.88. The van der Waals surface area contributed by atoms with Crippen LogP contribution in [0, 0.1) is 5.82 Å². The zero-order chi connectivity index (χ0) is 18.7. The van der Waals surface area contributed by atoms with E-state index in [-0.39, 0.29) is 30.4 Å². The fourth-order valence-electron chi connectivity index (χ4n) is 3.23. The van der Waals surface area contributed by atoms with Gasteiger partial charge in [0.1, 0.15) is 5.82 Å². The number of likely N-dealkylation sites (N-methyl/N-ethyl adjacent to an activating group) is 1. The lowest BCUT2D eigenvalue weighted by Gasteiger charge is -2.42. The van der Waals surface area contributed by atoms with Crippen LogP contribution in [-0.4, -0.2) is 57.3 Å². The van der Waals surface area contributed by atoms with Crippen molar-refractivity contribution in [3.8, 4) is 11.3 Å². The minimum absolute atomic E-state index is 0.00585. The Labute approximate surface area is 150 Å². The molecule has 1 heterocycles. The largest absolute Gasteiger partial charge is 0.480 e. The number of carbonyl (C=O) groups excluding carboxylic acids is 1. The van der Waals surface area contributed by atoms with Crippen LogP contribution >= 0.6 is 0 Å². The van der Waals surface area contributed by atoms with E-state index in [0.717, 1.165) is 12.8 Å². The Morgan fingerprint density at radius 2 is 2.04 bits per heavy atom. The lowest BCUT2D eigenvalue weighted by Crippen LogP contribution is -2.54. The number of aromatic nitrogens is 2.